The fourth-order valence-corrected chi connectivity index (χ4v) is 3.42. The van der Waals surface area contributed by atoms with Gasteiger partial charge in [0.25, 0.3) is 5.56 Å². The van der Waals surface area contributed by atoms with Gasteiger partial charge in [-0.05, 0) is 24.4 Å². The normalized spacial score (nSPS) is 17.5. The van der Waals surface area contributed by atoms with Gasteiger partial charge in [0, 0.05) is 36.7 Å². The molecule has 1 unspecified atom stereocenters. The van der Waals surface area contributed by atoms with Gasteiger partial charge in [0.15, 0.2) is 0 Å². The highest BCUT2D eigenvalue weighted by Gasteiger charge is 2.27. The Morgan fingerprint density at radius 2 is 2.26 bits per heavy atom. The van der Waals surface area contributed by atoms with Crippen molar-refractivity contribution in [3.63, 3.8) is 0 Å². The van der Waals surface area contributed by atoms with E-state index in [-0.39, 0.29) is 17.6 Å². The smallest absolute Gasteiger partial charge is 0.254 e. The van der Waals surface area contributed by atoms with E-state index in [0.29, 0.717) is 25.3 Å². The van der Waals surface area contributed by atoms with Crippen molar-refractivity contribution in [2.75, 3.05) is 13.1 Å². The van der Waals surface area contributed by atoms with E-state index in [0.717, 1.165) is 17.0 Å². The second kappa shape index (κ2) is 6.58. The number of ether oxygens (including phenoxy) is 1. The number of nitrogens with zero attached hydrogens (tertiary/aromatic N) is 2. The van der Waals surface area contributed by atoms with E-state index in [9.17, 15) is 9.59 Å². The lowest BCUT2D eigenvalue weighted by atomic mass is 10.3. The minimum atomic E-state index is -0.0800. The molecule has 0 radical (unpaired) electrons. The van der Waals surface area contributed by atoms with Crippen LogP contribution < -0.4 is 10.3 Å². The third kappa shape index (κ3) is 3.64. The average Bonchev–Trinajstić information content (AvgIpc) is 3.16. The van der Waals surface area contributed by atoms with Gasteiger partial charge in [-0.3, -0.25) is 9.59 Å². The Morgan fingerprint density at radius 1 is 1.43 bits per heavy atom. The maximum absolute atomic E-state index is 12.3. The minimum Gasteiger partial charge on any atom is -0.488 e. The van der Waals surface area contributed by atoms with Crippen molar-refractivity contribution in [1.82, 2.24) is 9.47 Å². The van der Waals surface area contributed by atoms with E-state index in [2.05, 4.69) is 0 Å². The fraction of sp³-hybridized carbons (Fsp3) is 0.412. The van der Waals surface area contributed by atoms with E-state index in [1.54, 1.807) is 23.0 Å². The van der Waals surface area contributed by atoms with Gasteiger partial charge in [0.05, 0.1) is 13.0 Å². The lowest BCUT2D eigenvalue weighted by Gasteiger charge is -2.17. The van der Waals surface area contributed by atoms with Crippen molar-refractivity contribution in [1.29, 1.82) is 0 Å². The van der Waals surface area contributed by atoms with Gasteiger partial charge in [0.2, 0.25) is 5.91 Å². The van der Waals surface area contributed by atoms with Crippen LogP contribution in [0, 0.1) is 6.92 Å². The van der Waals surface area contributed by atoms with Gasteiger partial charge in [-0.2, -0.15) is 0 Å². The van der Waals surface area contributed by atoms with E-state index >= 15 is 0 Å². The molecule has 0 bridgehead atoms. The molecule has 0 aromatic carbocycles. The number of carbonyl (C=O) groups is 1. The van der Waals surface area contributed by atoms with Gasteiger partial charge >= 0.3 is 0 Å². The second-order valence-corrected chi connectivity index (χ2v) is 6.89. The summed E-state index contributed by atoms with van der Waals surface area (Å²) in [6, 6.07) is 7.30. The molecule has 1 atom stereocenters. The van der Waals surface area contributed by atoms with E-state index in [1.807, 2.05) is 35.4 Å². The van der Waals surface area contributed by atoms with Gasteiger partial charge in [-0.1, -0.05) is 6.07 Å². The molecule has 1 aliphatic heterocycles. The van der Waals surface area contributed by atoms with Crippen LogP contribution >= 0.6 is 11.3 Å². The van der Waals surface area contributed by atoms with Crippen molar-refractivity contribution in [2.45, 2.75) is 25.9 Å². The predicted octanol–water partition coefficient (Wildman–Crippen LogP) is 1.98. The molecule has 23 heavy (non-hydrogen) atoms. The summed E-state index contributed by atoms with van der Waals surface area (Å²) in [6.45, 7) is 3.16. The average molecular weight is 332 g/mol. The molecule has 1 saturated heterocycles. The van der Waals surface area contributed by atoms with Crippen LogP contribution in [0.4, 0.5) is 0 Å². The molecule has 1 fully saturated rings. The second-order valence-electron chi connectivity index (χ2n) is 5.85. The summed E-state index contributed by atoms with van der Waals surface area (Å²) in [5.41, 5.74) is 0.778. The summed E-state index contributed by atoms with van der Waals surface area (Å²) in [5, 5.41) is 1.98. The maximum Gasteiger partial charge on any atom is 0.254 e. The molecule has 0 N–H and O–H groups in total. The number of thiophene rings is 1. The highest BCUT2D eigenvalue weighted by Crippen LogP contribution is 2.19. The third-order valence-corrected chi connectivity index (χ3v) is 5.06. The quantitative estimate of drug-likeness (QED) is 0.860. The number of aryl methyl sites for hydroxylation is 1. The van der Waals surface area contributed by atoms with Gasteiger partial charge in [0.1, 0.15) is 11.9 Å². The molecule has 0 spiro atoms. The van der Waals surface area contributed by atoms with Crippen LogP contribution in [0.2, 0.25) is 0 Å². The Balaban J connectivity index is 1.59. The van der Waals surface area contributed by atoms with Crippen molar-refractivity contribution >= 4 is 17.2 Å². The van der Waals surface area contributed by atoms with E-state index in [4.69, 9.17) is 4.74 Å². The number of rotatable bonds is 4. The molecule has 6 heteroatoms. The van der Waals surface area contributed by atoms with Gasteiger partial charge in [-0.15, -0.1) is 11.3 Å². The fourth-order valence-electron chi connectivity index (χ4n) is 2.72. The Kier molecular flexibility index (Phi) is 4.52. The lowest BCUT2D eigenvalue weighted by Crippen LogP contribution is -2.32. The molecule has 1 aliphatic rings. The summed E-state index contributed by atoms with van der Waals surface area (Å²) in [5.74, 6) is 0.724. The molecule has 0 saturated carbocycles. The van der Waals surface area contributed by atoms with Crippen molar-refractivity contribution in [3.8, 4) is 5.75 Å². The predicted molar refractivity (Wildman–Crippen MR) is 90.1 cm³/mol. The molecule has 1 amide bonds. The first kappa shape index (κ1) is 15.8. The van der Waals surface area contributed by atoms with E-state index in [1.165, 1.54) is 6.07 Å². The Labute approximate surface area is 139 Å². The number of pyridine rings is 1. The lowest BCUT2D eigenvalue weighted by molar-refractivity contribution is -0.129. The number of hydrogen-bond donors (Lipinski definition) is 0. The number of hydrogen-bond acceptors (Lipinski definition) is 4. The number of amides is 1. The van der Waals surface area contributed by atoms with Crippen LogP contribution in [0.25, 0.3) is 0 Å². The van der Waals surface area contributed by atoms with Crippen LogP contribution in [0.1, 0.15) is 17.0 Å². The Hall–Kier alpha value is -2.08. The highest BCUT2D eigenvalue weighted by molar-refractivity contribution is 7.10. The molecule has 3 rings (SSSR count). The SMILES string of the molecule is Cc1cc(OC2CCN(C(=O)Cc3cccs3)C2)cc(=O)n1C. The standard InChI is InChI=1S/C17H20N2O3S/c1-12-8-14(9-16(20)18(12)2)22-13-5-6-19(11-13)17(21)10-15-4-3-7-23-15/h3-4,7-9,13H,5-6,10-11H2,1-2H3. The molecule has 2 aromatic rings. The molecule has 2 aromatic heterocycles. The van der Waals surface area contributed by atoms with Crippen molar-refractivity contribution in [2.24, 2.45) is 7.05 Å². The molecule has 122 valence electrons. The zero-order valence-corrected chi connectivity index (χ0v) is 14.1. The topological polar surface area (TPSA) is 51.5 Å². The summed E-state index contributed by atoms with van der Waals surface area (Å²) in [6.07, 6.45) is 1.20. The third-order valence-electron chi connectivity index (χ3n) is 4.18. The summed E-state index contributed by atoms with van der Waals surface area (Å²) in [4.78, 5) is 27.0. The summed E-state index contributed by atoms with van der Waals surface area (Å²) < 4.78 is 7.48. The molecular weight excluding hydrogens is 312 g/mol. The molecule has 5 nitrogen and oxygen atoms in total. The van der Waals surface area contributed by atoms with Gasteiger partial charge in [-0.25, -0.2) is 0 Å². The largest absolute Gasteiger partial charge is 0.488 e. The number of likely N-dealkylation sites (tertiary alicyclic amines) is 1. The maximum atomic E-state index is 12.3. The van der Waals surface area contributed by atoms with Crippen molar-refractivity contribution in [3.05, 3.63) is 50.6 Å². The Morgan fingerprint density at radius 3 is 2.96 bits per heavy atom. The minimum absolute atomic E-state index is 0.0474. The Bertz CT molecular complexity index is 752. The number of carbonyl (C=O) groups excluding carboxylic acids is 1. The number of aromatic nitrogens is 1. The highest BCUT2D eigenvalue weighted by atomic mass is 32.1. The van der Waals surface area contributed by atoms with Crippen LogP contribution in [0.15, 0.2) is 34.4 Å². The zero-order valence-electron chi connectivity index (χ0n) is 13.3. The van der Waals surface area contributed by atoms with Crippen molar-refractivity contribution < 1.29 is 9.53 Å². The monoisotopic (exact) mass is 332 g/mol. The van der Waals surface area contributed by atoms with Gasteiger partial charge < -0.3 is 14.2 Å². The first-order valence-corrected chi connectivity index (χ1v) is 8.55. The summed E-state index contributed by atoms with van der Waals surface area (Å²) >= 11 is 1.60. The van der Waals surface area contributed by atoms with Crippen LogP contribution in [-0.2, 0) is 18.3 Å². The van der Waals surface area contributed by atoms with Crippen LogP contribution in [0.5, 0.6) is 5.75 Å². The summed E-state index contributed by atoms with van der Waals surface area (Å²) in [7, 11) is 1.74. The van der Waals surface area contributed by atoms with Crippen LogP contribution in [-0.4, -0.2) is 34.6 Å². The first-order valence-electron chi connectivity index (χ1n) is 7.67. The molecule has 0 aliphatic carbocycles. The van der Waals surface area contributed by atoms with Crippen LogP contribution in [0.3, 0.4) is 0 Å². The molecule has 3 heterocycles. The first-order chi connectivity index (χ1) is 11.0. The van der Waals surface area contributed by atoms with E-state index < -0.39 is 0 Å². The molecular formula is C17H20N2O3S. The zero-order chi connectivity index (χ0) is 16.4.